The molecular weight excluding hydrogens is 210 g/mol. The van der Waals surface area contributed by atoms with Crippen LogP contribution in [0, 0.1) is 6.92 Å². The standard InChI is InChI=1S/C12H16ClNO/c1-9-7-10(13)3-4-11(9)15-12(2)5-6-14-8-12/h3-4,7,14H,5-6,8H2,1-2H3. The van der Waals surface area contributed by atoms with Crippen molar-refractivity contribution in [3.05, 3.63) is 28.8 Å². The molecule has 0 amide bonds. The number of hydrogen-bond acceptors (Lipinski definition) is 2. The highest BCUT2D eigenvalue weighted by Crippen LogP contribution is 2.28. The summed E-state index contributed by atoms with van der Waals surface area (Å²) >= 11 is 5.90. The van der Waals surface area contributed by atoms with Gasteiger partial charge in [0.05, 0.1) is 0 Å². The maximum absolute atomic E-state index is 6.03. The van der Waals surface area contributed by atoms with Crippen LogP contribution >= 0.6 is 11.6 Å². The molecule has 1 aliphatic rings. The van der Waals surface area contributed by atoms with Gasteiger partial charge >= 0.3 is 0 Å². The molecule has 0 radical (unpaired) electrons. The van der Waals surface area contributed by atoms with E-state index in [9.17, 15) is 0 Å². The van der Waals surface area contributed by atoms with Crippen molar-refractivity contribution in [1.29, 1.82) is 0 Å². The molecule has 2 nitrogen and oxygen atoms in total. The van der Waals surface area contributed by atoms with Crippen molar-refractivity contribution in [2.24, 2.45) is 0 Å². The predicted molar refractivity (Wildman–Crippen MR) is 62.7 cm³/mol. The normalized spacial score (nSPS) is 25.5. The second-order valence-electron chi connectivity index (χ2n) is 4.39. The largest absolute Gasteiger partial charge is 0.486 e. The van der Waals surface area contributed by atoms with Crippen LogP contribution in [0.4, 0.5) is 0 Å². The fourth-order valence-electron chi connectivity index (χ4n) is 1.87. The first-order chi connectivity index (χ1) is 7.09. The molecule has 15 heavy (non-hydrogen) atoms. The monoisotopic (exact) mass is 225 g/mol. The Balaban J connectivity index is 2.16. The number of benzene rings is 1. The van der Waals surface area contributed by atoms with Crippen molar-refractivity contribution < 1.29 is 4.74 Å². The van der Waals surface area contributed by atoms with E-state index in [1.807, 2.05) is 25.1 Å². The first kappa shape index (κ1) is 10.8. The smallest absolute Gasteiger partial charge is 0.123 e. The van der Waals surface area contributed by atoms with Crippen LogP contribution in [0.1, 0.15) is 18.9 Å². The number of hydrogen-bond donors (Lipinski definition) is 1. The Morgan fingerprint density at radius 1 is 1.47 bits per heavy atom. The Morgan fingerprint density at radius 3 is 2.87 bits per heavy atom. The summed E-state index contributed by atoms with van der Waals surface area (Å²) in [6.07, 6.45) is 1.05. The Kier molecular flexibility index (Phi) is 2.89. The highest BCUT2D eigenvalue weighted by Gasteiger charge is 2.30. The van der Waals surface area contributed by atoms with Crippen molar-refractivity contribution >= 4 is 11.6 Å². The predicted octanol–water partition coefficient (Wildman–Crippen LogP) is 2.78. The van der Waals surface area contributed by atoms with Crippen molar-refractivity contribution in [2.45, 2.75) is 25.9 Å². The Labute approximate surface area is 95.6 Å². The molecule has 0 saturated carbocycles. The number of nitrogens with one attached hydrogen (secondary N) is 1. The zero-order valence-corrected chi connectivity index (χ0v) is 9.90. The summed E-state index contributed by atoms with van der Waals surface area (Å²) in [6.45, 7) is 6.10. The summed E-state index contributed by atoms with van der Waals surface area (Å²) < 4.78 is 6.03. The lowest BCUT2D eigenvalue weighted by atomic mass is 10.1. The Bertz CT molecular complexity index is 359. The number of halogens is 1. The average molecular weight is 226 g/mol. The number of ether oxygens (including phenoxy) is 1. The zero-order valence-electron chi connectivity index (χ0n) is 9.14. The van der Waals surface area contributed by atoms with Gasteiger partial charge in [0.1, 0.15) is 11.4 Å². The molecule has 1 fully saturated rings. The van der Waals surface area contributed by atoms with Crippen LogP contribution < -0.4 is 10.1 Å². The molecular formula is C12H16ClNO. The van der Waals surface area contributed by atoms with E-state index in [1.54, 1.807) is 0 Å². The molecule has 1 unspecified atom stereocenters. The van der Waals surface area contributed by atoms with Crippen LogP contribution in [-0.2, 0) is 0 Å². The molecule has 0 spiro atoms. The molecule has 1 atom stereocenters. The second kappa shape index (κ2) is 4.03. The first-order valence-electron chi connectivity index (χ1n) is 5.25. The van der Waals surface area contributed by atoms with E-state index in [0.29, 0.717) is 0 Å². The molecule has 0 aliphatic carbocycles. The average Bonchev–Trinajstić information content (AvgIpc) is 2.58. The minimum absolute atomic E-state index is 0.0708. The van der Waals surface area contributed by atoms with Gasteiger partial charge in [-0.2, -0.15) is 0 Å². The molecule has 2 rings (SSSR count). The minimum Gasteiger partial charge on any atom is -0.486 e. The van der Waals surface area contributed by atoms with Crippen molar-refractivity contribution in [3.63, 3.8) is 0 Å². The molecule has 82 valence electrons. The van der Waals surface area contributed by atoms with Crippen LogP contribution in [0.2, 0.25) is 5.02 Å². The van der Waals surface area contributed by atoms with Crippen LogP contribution in [0.15, 0.2) is 18.2 Å². The van der Waals surface area contributed by atoms with Gasteiger partial charge in [-0.1, -0.05) is 11.6 Å². The van der Waals surface area contributed by atoms with Crippen molar-refractivity contribution in [3.8, 4) is 5.75 Å². The van der Waals surface area contributed by atoms with E-state index in [1.165, 1.54) is 0 Å². The van der Waals surface area contributed by atoms with Gasteiger partial charge in [-0.25, -0.2) is 0 Å². The molecule has 1 heterocycles. The molecule has 1 aromatic carbocycles. The van der Waals surface area contributed by atoms with Gasteiger partial charge in [0.25, 0.3) is 0 Å². The summed E-state index contributed by atoms with van der Waals surface area (Å²) in [4.78, 5) is 0. The fourth-order valence-corrected chi connectivity index (χ4v) is 2.10. The highest BCUT2D eigenvalue weighted by molar-refractivity contribution is 6.30. The Morgan fingerprint density at radius 2 is 2.27 bits per heavy atom. The van der Waals surface area contributed by atoms with Gasteiger partial charge in [0.15, 0.2) is 0 Å². The third-order valence-electron chi connectivity index (χ3n) is 2.82. The summed E-state index contributed by atoms with van der Waals surface area (Å²) in [5.74, 6) is 0.936. The molecule has 1 aliphatic heterocycles. The summed E-state index contributed by atoms with van der Waals surface area (Å²) in [6, 6.07) is 5.75. The van der Waals surface area contributed by atoms with Gasteiger partial charge < -0.3 is 10.1 Å². The van der Waals surface area contributed by atoms with Crippen LogP contribution in [0.3, 0.4) is 0 Å². The minimum atomic E-state index is -0.0708. The maximum atomic E-state index is 6.03. The highest BCUT2D eigenvalue weighted by atomic mass is 35.5. The molecule has 1 aromatic rings. The van der Waals surface area contributed by atoms with Crippen LogP contribution in [0.5, 0.6) is 5.75 Å². The van der Waals surface area contributed by atoms with Crippen molar-refractivity contribution in [2.75, 3.05) is 13.1 Å². The fraction of sp³-hybridized carbons (Fsp3) is 0.500. The zero-order chi connectivity index (χ0) is 10.9. The third kappa shape index (κ3) is 2.44. The molecule has 3 heteroatoms. The topological polar surface area (TPSA) is 21.3 Å². The van der Waals surface area contributed by atoms with Crippen molar-refractivity contribution in [1.82, 2.24) is 5.32 Å². The summed E-state index contributed by atoms with van der Waals surface area (Å²) in [7, 11) is 0. The molecule has 0 aromatic heterocycles. The molecule has 1 N–H and O–H groups in total. The lowest BCUT2D eigenvalue weighted by Crippen LogP contribution is -2.34. The van der Waals surface area contributed by atoms with E-state index in [-0.39, 0.29) is 5.60 Å². The van der Waals surface area contributed by atoms with E-state index < -0.39 is 0 Å². The number of aryl methyl sites for hydroxylation is 1. The molecule has 1 saturated heterocycles. The van der Waals surface area contributed by atoms with Gasteiger partial charge in [-0.3, -0.25) is 0 Å². The van der Waals surface area contributed by atoms with E-state index >= 15 is 0 Å². The lowest BCUT2D eigenvalue weighted by molar-refractivity contribution is 0.110. The van der Waals surface area contributed by atoms with Gasteiger partial charge in [-0.05, 0) is 44.2 Å². The van der Waals surface area contributed by atoms with Crippen LogP contribution in [-0.4, -0.2) is 18.7 Å². The third-order valence-corrected chi connectivity index (χ3v) is 3.06. The Hall–Kier alpha value is -0.730. The van der Waals surface area contributed by atoms with Gasteiger partial charge in [0, 0.05) is 18.0 Å². The van der Waals surface area contributed by atoms with E-state index in [4.69, 9.17) is 16.3 Å². The van der Waals surface area contributed by atoms with Crippen LogP contribution in [0.25, 0.3) is 0 Å². The van der Waals surface area contributed by atoms with E-state index in [0.717, 1.165) is 35.8 Å². The quantitative estimate of drug-likeness (QED) is 0.836. The van der Waals surface area contributed by atoms with Gasteiger partial charge in [-0.15, -0.1) is 0 Å². The maximum Gasteiger partial charge on any atom is 0.123 e. The summed E-state index contributed by atoms with van der Waals surface area (Å²) in [5, 5.41) is 4.07. The second-order valence-corrected chi connectivity index (χ2v) is 4.82. The lowest BCUT2D eigenvalue weighted by Gasteiger charge is -2.25. The first-order valence-corrected chi connectivity index (χ1v) is 5.63. The number of rotatable bonds is 2. The molecule has 0 bridgehead atoms. The van der Waals surface area contributed by atoms with Gasteiger partial charge in [0.2, 0.25) is 0 Å². The summed E-state index contributed by atoms with van der Waals surface area (Å²) in [5.41, 5.74) is 1.02. The van der Waals surface area contributed by atoms with E-state index in [2.05, 4.69) is 12.2 Å². The SMILES string of the molecule is Cc1cc(Cl)ccc1OC1(C)CCNC1.